The molecule has 4 amide bonds. The van der Waals surface area contributed by atoms with Crippen LogP contribution in [-0.4, -0.2) is 114 Å². The number of quaternary nitrogens is 1. The number of benzene rings is 3. The highest BCUT2D eigenvalue weighted by Gasteiger charge is 2.47. The number of carbonyl (C=O) groups excluding carboxylic acids is 3. The first kappa shape index (κ1) is 48.6. The van der Waals surface area contributed by atoms with Gasteiger partial charge in [0.05, 0.1) is 16.3 Å². The number of imide groups is 1. The van der Waals surface area contributed by atoms with Crippen molar-refractivity contribution in [2.45, 2.75) is 82.5 Å². The molecule has 0 bridgehead atoms. The Morgan fingerprint density at radius 3 is 2.46 bits per heavy atom. The van der Waals surface area contributed by atoms with Gasteiger partial charge in [0, 0.05) is 68.4 Å². The molecule has 2 atom stereocenters. The van der Waals surface area contributed by atoms with Gasteiger partial charge in [-0.15, -0.1) is 11.3 Å². The maximum atomic E-state index is 14.3. The number of amides is 4. The third-order valence-electron chi connectivity index (χ3n) is 13.0. The van der Waals surface area contributed by atoms with E-state index in [2.05, 4.69) is 10.6 Å². The van der Waals surface area contributed by atoms with Gasteiger partial charge in [0.2, 0.25) is 15.9 Å². The molecular formula is C47H52ClN7O11S2. The van der Waals surface area contributed by atoms with Gasteiger partial charge in [0.1, 0.15) is 10.7 Å². The minimum absolute atomic E-state index is 0.0229. The highest BCUT2D eigenvalue weighted by Crippen LogP contribution is 2.47. The average molecular weight is 991 g/mol. The topological polar surface area (TPSA) is 238 Å². The highest BCUT2D eigenvalue weighted by molar-refractivity contribution is 7.88. The molecule has 360 valence electrons. The van der Waals surface area contributed by atoms with E-state index >= 15 is 0 Å². The largest absolute Gasteiger partial charge is 0.625 e. The number of fused-ring (bicyclic) bond motifs is 1. The summed E-state index contributed by atoms with van der Waals surface area (Å²) in [6.07, 6.45) is 2.42. The molecule has 8 rings (SSSR count). The molecule has 3 aromatic carbocycles. The van der Waals surface area contributed by atoms with Crippen molar-refractivity contribution in [3.05, 3.63) is 93.0 Å². The van der Waals surface area contributed by atoms with Gasteiger partial charge < -0.3 is 35.3 Å². The lowest BCUT2D eigenvalue weighted by molar-refractivity contribution is -0.139. The van der Waals surface area contributed by atoms with Crippen LogP contribution < -0.4 is 24.9 Å². The van der Waals surface area contributed by atoms with E-state index in [-0.39, 0.29) is 65.3 Å². The Morgan fingerprint density at radius 1 is 1.01 bits per heavy atom. The zero-order valence-electron chi connectivity index (χ0n) is 37.7. The maximum Gasteiger partial charge on any atom is 0.349 e. The molecule has 18 nitrogen and oxygen atoms in total. The first-order valence-electron chi connectivity index (χ1n) is 22.3. The fraction of sp³-hybridized carbons (Fsp3) is 0.404. The number of hydroxylamine groups is 2. The van der Waals surface area contributed by atoms with E-state index in [9.17, 15) is 42.7 Å². The number of aliphatic carboxylic acids is 1. The number of nitrogens with zero attached hydrogens (tertiary/aromatic N) is 5. The number of carbonyl (C=O) groups is 5. The monoisotopic (exact) mass is 989 g/mol. The molecular weight excluding hydrogens is 938 g/mol. The normalized spacial score (nSPS) is 21.7. The number of hydrogen-bond acceptors (Lipinski definition) is 12. The smallest absolute Gasteiger partial charge is 0.349 e. The summed E-state index contributed by atoms with van der Waals surface area (Å²) < 4.78 is 34.0. The second-order valence-corrected chi connectivity index (χ2v) is 21.4. The summed E-state index contributed by atoms with van der Waals surface area (Å²) in [4.78, 5) is 69.8. The lowest BCUT2D eigenvalue weighted by Crippen LogP contribution is -2.62. The van der Waals surface area contributed by atoms with E-state index in [1.807, 2.05) is 43.9 Å². The molecule has 3 saturated heterocycles. The third-order valence-corrected chi connectivity index (χ3v) is 16.7. The van der Waals surface area contributed by atoms with E-state index in [0.717, 1.165) is 28.3 Å². The molecule has 2 unspecified atom stereocenters. The van der Waals surface area contributed by atoms with Crippen molar-refractivity contribution in [3.8, 4) is 16.2 Å². The molecule has 3 fully saturated rings. The van der Waals surface area contributed by atoms with Crippen LogP contribution in [0.5, 0.6) is 5.75 Å². The number of urea groups is 1. The van der Waals surface area contributed by atoms with Crippen LogP contribution in [0.4, 0.5) is 27.5 Å². The number of aliphatic imine (C=N–C) groups is 1. The molecule has 1 aromatic heterocycles. The Kier molecular flexibility index (Phi) is 13.7. The standard InChI is InChI=1S/C47H52ClN7O11S2/c1-4-52-27-55(63,37-13-14-38(56)51-44(37)59)36-12-11-30(23-35(36)52)29-15-18-53(19-16-29)46(62)50-32-9-5-7-28(21-32)26-68(64,65)54-20-17-34(24-47(54,2)3)49-33-10-6-8-31(22-33)42-40(48)41(66-25-39(57)58)43(67-42)45(60)61/h5-12,21-23,29,37H,4,13-20,24-27H2,1-3H3,(H,50,62)(H,57,58)(H,60,61)(H,51,56,59). The SMILES string of the molecule is CCN1C[N+]([O-])(C2CCC(=O)NC2=O)c2ccc(C3CCN(C(=O)Nc4cccc(CS(=O)(=O)N5CCC(=Nc6cccc(-c7sc(C(=O)O)c(OCC(=O)O)c7Cl)c6)CC5(C)C)c4)CC3)cc21. The van der Waals surface area contributed by atoms with Crippen LogP contribution in [0.2, 0.25) is 5.02 Å². The van der Waals surface area contributed by atoms with E-state index in [1.165, 1.54) is 4.31 Å². The number of sulfonamides is 1. The summed E-state index contributed by atoms with van der Waals surface area (Å²) >= 11 is 7.37. The number of hydrogen-bond donors (Lipinski definition) is 4. The first-order valence-corrected chi connectivity index (χ1v) is 25.1. The fourth-order valence-electron chi connectivity index (χ4n) is 9.74. The molecule has 4 aliphatic heterocycles. The van der Waals surface area contributed by atoms with Crippen molar-refractivity contribution >= 4 is 91.2 Å². The zero-order chi connectivity index (χ0) is 48.7. The Bertz CT molecular complexity index is 2830. The van der Waals surface area contributed by atoms with E-state index in [0.29, 0.717) is 78.4 Å². The Balaban J connectivity index is 0.870. The van der Waals surface area contributed by atoms with Crippen molar-refractivity contribution in [2.75, 3.05) is 49.7 Å². The fourth-order valence-corrected chi connectivity index (χ4v) is 13.1. The molecule has 4 N–H and O–H groups in total. The van der Waals surface area contributed by atoms with Gasteiger partial charge in [0.25, 0.3) is 5.91 Å². The molecule has 4 aliphatic rings. The molecule has 68 heavy (non-hydrogen) atoms. The lowest BCUT2D eigenvalue weighted by atomic mass is 9.89. The van der Waals surface area contributed by atoms with Gasteiger partial charge in [-0.3, -0.25) is 24.5 Å². The van der Waals surface area contributed by atoms with E-state index < -0.39 is 50.7 Å². The number of carboxylic acids is 2. The molecule has 21 heteroatoms. The number of likely N-dealkylation sites (tertiary alicyclic amines) is 1. The van der Waals surface area contributed by atoms with Gasteiger partial charge >= 0.3 is 18.0 Å². The van der Waals surface area contributed by atoms with E-state index in [1.54, 1.807) is 53.4 Å². The van der Waals surface area contributed by atoms with Gasteiger partial charge in [-0.25, -0.2) is 22.8 Å². The Morgan fingerprint density at radius 2 is 1.76 bits per heavy atom. The minimum Gasteiger partial charge on any atom is -0.625 e. The Labute approximate surface area is 402 Å². The minimum atomic E-state index is -3.84. The third kappa shape index (κ3) is 9.97. The van der Waals surface area contributed by atoms with Crippen LogP contribution in [0.3, 0.4) is 0 Å². The zero-order valence-corrected chi connectivity index (χ0v) is 40.1. The first-order chi connectivity index (χ1) is 32.3. The van der Waals surface area contributed by atoms with Gasteiger partial charge in [-0.2, -0.15) is 4.31 Å². The summed E-state index contributed by atoms with van der Waals surface area (Å²) in [7, 11) is -3.84. The number of ether oxygens (including phenoxy) is 1. The van der Waals surface area contributed by atoms with Crippen molar-refractivity contribution in [2.24, 2.45) is 4.99 Å². The summed E-state index contributed by atoms with van der Waals surface area (Å²) in [5.74, 6) is -3.85. The summed E-state index contributed by atoms with van der Waals surface area (Å²) in [5.41, 5.74) is 4.39. The second-order valence-electron chi connectivity index (χ2n) is 18.1. The summed E-state index contributed by atoms with van der Waals surface area (Å²) in [6.45, 7) is 6.72. The number of carboxylic acid groups (broad SMARTS) is 2. The molecule has 0 aliphatic carbocycles. The predicted molar refractivity (Wildman–Crippen MR) is 259 cm³/mol. The molecule has 0 radical (unpaired) electrons. The van der Waals surface area contributed by atoms with E-state index in [4.69, 9.17) is 26.4 Å². The lowest BCUT2D eigenvalue weighted by Gasteiger charge is -2.45. The van der Waals surface area contributed by atoms with Crippen LogP contribution in [0, 0.1) is 5.21 Å². The van der Waals surface area contributed by atoms with Crippen LogP contribution in [0.25, 0.3) is 10.4 Å². The van der Waals surface area contributed by atoms with Crippen LogP contribution in [-0.2, 0) is 30.2 Å². The Hall–Kier alpha value is -5.90. The number of rotatable bonds is 13. The maximum absolute atomic E-state index is 14.3. The number of nitrogens with one attached hydrogen (secondary N) is 2. The van der Waals surface area contributed by atoms with Crippen molar-refractivity contribution in [1.82, 2.24) is 19.2 Å². The molecule has 0 saturated carbocycles. The van der Waals surface area contributed by atoms with Crippen LogP contribution >= 0.6 is 22.9 Å². The van der Waals surface area contributed by atoms with Crippen molar-refractivity contribution in [1.29, 1.82) is 0 Å². The highest BCUT2D eigenvalue weighted by atomic mass is 35.5. The molecule has 4 aromatic rings. The number of anilines is 2. The van der Waals surface area contributed by atoms with Gasteiger partial charge in [-0.05, 0) is 93.0 Å². The average Bonchev–Trinajstić information content (AvgIpc) is 3.78. The molecule has 5 heterocycles. The number of aromatic carboxylic acids is 1. The quantitative estimate of drug-likeness (QED) is 0.0578. The second kappa shape index (κ2) is 19.2. The summed E-state index contributed by atoms with van der Waals surface area (Å²) in [5, 5.41) is 38.3. The number of piperidine rings is 3. The van der Waals surface area contributed by atoms with Gasteiger partial charge in [-0.1, -0.05) is 41.9 Å². The predicted octanol–water partition coefficient (Wildman–Crippen LogP) is 7.53. The molecule has 0 spiro atoms. The van der Waals surface area contributed by atoms with Crippen LogP contribution in [0.15, 0.2) is 71.7 Å². The van der Waals surface area contributed by atoms with Gasteiger partial charge in [0.15, 0.2) is 35.6 Å². The van der Waals surface area contributed by atoms with Crippen molar-refractivity contribution < 1.29 is 47.3 Å². The number of thiophene rings is 1. The van der Waals surface area contributed by atoms with Crippen molar-refractivity contribution in [3.63, 3.8) is 0 Å². The number of halogens is 1. The van der Waals surface area contributed by atoms with Crippen LogP contribution in [0.1, 0.15) is 86.0 Å². The summed E-state index contributed by atoms with van der Waals surface area (Å²) in [6, 6.07) is 18.4.